The van der Waals surface area contributed by atoms with E-state index < -0.39 is 0 Å². The molecule has 3 aromatic rings. The summed E-state index contributed by atoms with van der Waals surface area (Å²) in [6.07, 6.45) is 11.3. The Hall–Kier alpha value is -2.69. The summed E-state index contributed by atoms with van der Waals surface area (Å²) in [5.41, 5.74) is 2.48. The van der Waals surface area contributed by atoms with Gasteiger partial charge in [-0.15, -0.1) is 5.10 Å². The van der Waals surface area contributed by atoms with E-state index in [1.54, 1.807) is 16.9 Å². The number of aromatic nitrogens is 4. The van der Waals surface area contributed by atoms with Crippen LogP contribution in [0.5, 0.6) is 5.75 Å². The predicted octanol–water partition coefficient (Wildman–Crippen LogP) is 3.34. The van der Waals surface area contributed by atoms with E-state index in [0.717, 1.165) is 36.0 Å². The molecule has 2 aromatic heterocycles. The van der Waals surface area contributed by atoms with Crippen LogP contribution >= 0.6 is 0 Å². The van der Waals surface area contributed by atoms with Crippen LogP contribution in [0.15, 0.2) is 48.8 Å². The van der Waals surface area contributed by atoms with Crippen LogP contribution in [0.4, 0.5) is 0 Å². The first-order valence-electron chi connectivity index (χ1n) is 7.47. The van der Waals surface area contributed by atoms with E-state index in [9.17, 15) is 5.11 Å². The minimum atomic E-state index is 0.178. The van der Waals surface area contributed by atoms with E-state index in [1.807, 2.05) is 24.4 Å². The van der Waals surface area contributed by atoms with Gasteiger partial charge in [0.05, 0.1) is 17.6 Å². The molecule has 0 radical (unpaired) electrons. The maximum atomic E-state index is 9.94. The number of nitrogens with zero attached hydrogens (tertiary/aromatic N) is 4. The Labute approximate surface area is 127 Å². The van der Waals surface area contributed by atoms with Gasteiger partial charge in [-0.1, -0.05) is 17.4 Å². The monoisotopic (exact) mass is 292 g/mol. The summed E-state index contributed by atoms with van der Waals surface area (Å²) in [4.78, 5) is 4.24. The summed E-state index contributed by atoms with van der Waals surface area (Å²) in [5, 5.41) is 19.4. The lowest BCUT2D eigenvalue weighted by molar-refractivity contribution is 0.480. The van der Waals surface area contributed by atoms with Gasteiger partial charge in [0.15, 0.2) is 0 Å². The van der Waals surface area contributed by atoms with Gasteiger partial charge in [0.1, 0.15) is 11.3 Å². The number of rotatable bonds is 2. The first-order valence-corrected chi connectivity index (χ1v) is 7.47. The van der Waals surface area contributed by atoms with Crippen LogP contribution in [0.3, 0.4) is 0 Å². The van der Waals surface area contributed by atoms with Crippen molar-refractivity contribution in [2.45, 2.75) is 25.2 Å². The van der Waals surface area contributed by atoms with Crippen LogP contribution in [-0.2, 0) is 0 Å². The summed E-state index contributed by atoms with van der Waals surface area (Å²) < 4.78 is 1.77. The molecular formula is C17H16N4O. The van der Waals surface area contributed by atoms with Crippen LogP contribution in [0.2, 0.25) is 0 Å². The SMILES string of the molecule is Oc1ccc(-n2cc(C3CC=CCC3)nn2)c2cccnc12. The Kier molecular flexibility index (Phi) is 3.11. The van der Waals surface area contributed by atoms with Gasteiger partial charge in [0.2, 0.25) is 0 Å². The highest BCUT2D eigenvalue weighted by atomic mass is 16.3. The van der Waals surface area contributed by atoms with Gasteiger partial charge in [-0.2, -0.15) is 0 Å². The fourth-order valence-corrected chi connectivity index (χ4v) is 2.99. The first-order chi connectivity index (χ1) is 10.8. The van der Waals surface area contributed by atoms with Crippen LogP contribution in [0.1, 0.15) is 30.9 Å². The van der Waals surface area contributed by atoms with Crippen molar-refractivity contribution in [1.82, 2.24) is 20.0 Å². The normalized spacial score (nSPS) is 17.9. The first kappa shape index (κ1) is 13.0. The van der Waals surface area contributed by atoms with Crippen LogP contribution in [-0.4, -0.2) is 25.1 Å². The summed E-state index contributed by atoms with van der Waals surface area (Å²) in [5.74, 6) is 0.623. The fourth-order valence-electron chi connectivity index (χ4n) is 2.99. The standard InChI is InChI=1S/C17H16N4O/c22-16-9-8-15(13-7-4-10-18-17(13)16)21-11-14(19-20-21)12-5-2-1-3-6-12/h1-2,4,7-12,22H,3,5-6H2. The molecule has 5 nitrogen and oxygen atoms in total. The van der Waals surface area contributed by atoms with Gasteiger partial charge in [0.25, 0.3) is 0 Å². The molecule has 0 amide bonds. The number of allylic oxidation sites excluding steroid dienone is 2. The van der Waals surface area contributed by atoms with Gasteiger partial charge in [-0.05, 0) is 43.5 Å². The van der Waals surface area contributed by atoms with Gasteiger partial charge < -0.3 is 5.11 Å². The minimum Gasteiger partial charge on any atom is -0.506 e. The molecule has 0 bridgehead atoms. The summed E-state index contributed by atoms with van der Waals surface area (Å²) in [7, 11) is 0. The molecule has 1 atom stereocenters. The molecule has 1 aliphatic carbocycles. The zero-order chi connectivity index (χ0) is 14.9. The number of fused-ring (bicyclic) bond motifs is 1. The van der Waals surface area contributed by atoms with Crippen molar-refractivity contribution in [3.63, 3.8) is 0 Å². The molecule has 1 aliphatic rings. The third kappa shape index (κ3) is 2.15. The lowest BCUT2D eigenvalue weighted by atomic mass is 9.92. The number of aromatic hydroxyl groups is 1. The Morgan fingerprint density at radius 3 is 3.00 bits per heavy atom. The quantitative estimate of drug-likeness (QED) is 0.736. The average Bonchev–Trinajstić information content (AvgIpc) is 3.06. The van der Waals surface area contributed by atoms with Gasteiger partial charge in [0, 0.05) is 17.5 Å². The van der Waals surface area contributed by atoms with Crippen molar-refractivity contribution in [2.75, 3.05) is 0 Å². The highest BCUT2D eigenvalue weighted by Crippen LogP contribution is 2.30. The summed E-state index contributed by atoms with van der Waals surface area (Å²) in [6.45, 7) is 0. The van der Waals surface area contributed by atoms with E-state index in [4.69, 9.17) is 0 Å². The molecule has 2 heterocycles. The topological polar surface area (TPSA) is 63.8 Å². The Morgan fingerprint density at radius 1 is 1.18 bits per heavy atom. The lowest BCUT2D eigenvalue weighted by Crippen LogP contribution is -2.01. The molecule has 0 saturated carbocycles. The van der Waals surface area contributed by atoms with Gasteiger partial charge in [-0.3, -0.25) is 4.98 Å². The smallest absolute Gasteiger partial charge is 0.141 e. The largest absolute Gasteiger partial charge is 0.506 e. The van der Waals surface area contributed by atoms with Crippen LogP contribution < -0.4 is 0 Å². The maximum Gasteiger partial charge on any atom is 0.141 e. The highest BCUT2D eigenvalue weighted by molar-refractivity contribution is 5.91. The predicted molar refractivity (Wildman–Crippen MR) is 84.1 cm³/mol. The Morgan fingerprint density at radius 2 is 2.14 bits per heavy atom. The van der Waals surface area contributed by atoms with E-state index in [2.05, 4.69) is 27.4 Å². The molecule has 22 heavy (non-hydrogen) atoms. The second-order valence-electron chi connectivity index (χ2n) is 5.57. The number of phenols is 1. The van der Waals surface area contributed by atoms with E-state index in [0.29, 0.717) is 11.4 Å². The molecule has 1 N–H and O–H groups in total. The lowest BCUT2D eigenvalue weighted by Gasteiger charge is -2.14. The number of pyridine rings is 1. The third-order valence-electron chi connectivity index (χ3n) is 4.17. The van der Waals surface area contributed by atoms with Crippen LogP contribution in [0, 0.1) is 0 Å². The maximum absolute atomic E-state index is 9.94. The Balaban J connectivity index is 1.78. The second-order valence-corrected chi connectivity index (χ2v) is 5.57. The molecule has 5 heteroatoms. The van der Waals surface area contributed by atoms with E-state index >= 15 is 0 Å². The molecule has 4 rings (SSSR count). The highest BCUT2D eigenvalue weighted by Gasteiger charge is 2.17. The molecule has 0 saturated heterocycles. The van der Waals surface area contributed by atoms with Crippen molar-refractivity contribution < 1.29 is 5.11 Å². The van der Waals surface area contributed by atoms with Crippen molar-refractivity contribution in [1.29, 1.82) is 0 Å². The molecule has 0 spiro atoms. The molecule has 0 aliphatic heterocycles. The zero-order valence-electron chi connectivity index (χ0n) is 12.1. The molecular weight excluding hydrogens is 276 g/mol. The number of benzene rings is 1. The Bertz CT molecular complexity index is 853. The molecule has 1 unspecified atom stereocenters. The average molecular weight is 292 g/mol. The molecule has 1 aromatic carbocycles. The molecule has 0 fully saturated rings. The van der Waals surface area contributed by atoms with Crippen molar-refractivity contribution in [3.8, 4) is 11.4 Å². The molecule has 110 valence electrons. The van der Waals surface area contributed by atoms with Gasteiger partial charge >= 0.3 is 0 Å². The summed E-state index contributed by atoms with van der Waals surface area (Å²) >= 11 is 0. The van der Waals surface area contributed by atoms with Gasteiger partial charge in [-0.25, -0.2) is 4.68 Å². The third-order valence-corrected chi connectivity index (χ3v) is 4.17. The zero-order valence-corrected chi connectivity index (χ0v) is 12.1. The van der Waals surface area contributed by atoms with Crippen molar-refractivity contribution >= 4 is 10.9 Å². The number of phenolic OH excluding ortho intramolecular Hbond substituents is 1. The number of hydrogen-bond donors (Lipinski definition) is 1. The van der Waals surface area contributed by atoms with E-state index in [-0.39, 0.29) is 5.75 Å². The van der Waals surface area contributed by atoms with Crippen molar-refractivity contribution in [2.24, 2.45) is 0 Å². The fraction of sp³-hybridized carbons (Fsp3) is 0.235. The summed E-state index contributed by atoms with van der Waals surface area (Å²) in [6, 6.07) is 7.28. The second kappa shape index (κ2) is 5.26. The minimum absolute atomic E-state index is 0.178. The van der Waals surface area contributed by atoms with Crippen molar-refractivity contribution in [3.05, 3.63) is 54.5 Å². The van der Waals surface area contributed by atoms with E-state index in [1.165, 1.54) is 0 Å². The van der Waals surface area contributed by atoms with Crippen LogP contribution in [0.25, 0.3) is 16.6 Å². The number of hydrogen-bond acceptors (Lipinski definition) is 4.